The van der Waals surface area contributed by atoms with Crippen molar-refractivity contribution in [1.82, 2.24) is 4.98 Å². The van der Waals surface area contributed by atoms with Gasteiger partial charge in [0.25, 0.3) is 0 Å². The van der Waals surface area contributed by atoms with Crippen molar-refractivity contribution in [1.29, 1.82) is 0 Å². The van der Waals surface area contributed by atoms with Crippen molar-refractivity contribution in [3.63, 3.8) is 0 Å². The molecule has 0 N–H and O–H groups in total. The van der Waals surface area contributed by atoms with Crippen LogP contribution in [0.25, 0.3) is 10.4 Å². The quantitative estimate of drug-likeness (QED) is 0.539. The van der Waals surface area contributed by atoms with E-state index in [0.717, 1.165) is 3.82 Å². The van der Waals surface area contributed by atoms with Crippen LogP contribution in [0.4, 0.5) is 0 Å². The average Bonchev–Trinajstić information content (AvgIpc) is 2.49. The molecule has 2 rings (SSSR count). The molecule has 0 unspecified atom stereocenters. The molecule has 0 saturated carbocycles. The minimum Gasteiger partial charge on any atom is -0.265 e. The summed E-state index contributed by atoms with van der Waals surface area (Å²) in [5, 5.41) is 0. The number of pyridine rings is 1. The van der Waals surface area contributed by atoms with Crippen LogP contribution in [-0.4, -0.2) is 4.98 Å². The van der Waals surface area contributed by atoms with E-state index in [1.54, 1.807) is 20.7 Å². The van der Waals surface area contributed by atoms with Crippen LogP contribution in [0.5, 0.6) is 0 Å². The maximum atomic E-state index is 5.19. The molecule has 0 saturated heterocycles. The fraction of sp³-hybridized carbons (Fsp3) is 0.111. The molecule has 0 radical (unpaired) electrons. The fourth-order valence-corrected chi connectivity index (χ4v) is 3.96. The number of nitrogens with zero attached hydrogens (tertiary/aromatic N) is 1. The Kier molecular flexibility index (Phi) is 2.53. The van der Waals surface area contributed by atoms with Gasteiger partial charge in [0.2, 0.25) is 0 Å². The van der Waals surface area contributed by atoms with Gasteiger partial charge in [-0.15, -0.1) is 0 Å². The zero-order valence-corrected chi connectivity index (χ0v) is 9.43. The Hall–Kier alpha value is -0.580. The molecule has 13 heavy (non-hydrogen) atoms. The van der Waals surface area contributed by atoms with E-state index in [2.05, 4.69) is 11.9 Å². The van der Waals surface area contributed by atoms with E-state index in [-0.39, 0.29) is 0 Å². The number of hydrogen-bond donors (Lipinski definition) is 0. The first-order chi connectivity index (χ1) is 6.29. The highest BCUT2D eigenvalue weighted by Crippen LogP contribution is 2.33. The summed E-state index contributed by atoms with van der Waals surface area (Å²) < 4.78 is 0.997. The SMILES string of the molecule is Cc1c(-c2ccncc2)ssc1=S. The van der Waals surface area contributed by atoms with E-state index < -0.39 is 0 Å². The zero-order valence-electron chi connectivity index (χ0n) is 6.98. The Morgan fingerprint density at radius 1 is 1.23 bits per heavy atom. The summed E-state index contributed by atoms with van der Waals surface area (Å²) in [5.74, 6) is 0. The molecule has 1 nitrogen and oxygen atoms in total. The van der Waals surface area contributed by atoms with Crippen molar-refractivity contribution >= 4 is 32.9 Å². The second-order valence-corrected chi connectivity index (χ2v) is 5.46. The first kappa shape index (κ1) is 8.99. The Morgan fingerprint density at radius 3 is 2.46 bits per heavy atom. The zero-order chi connectivity index (χ0) is 9.26. The lowest BCUT2D eigenvalue weighted by atomic mass is 10.2. The highest BCUT2D eigenvalue weighted by atomic mass is 32.9. The van der Waals surface area contributed by atoms with Gasteiger partial charge in [-0.1, -0.05) is 32.9 Å². The topological polar surface area (TPSA) is 12.9 Å². The van der Waals surface area contributed by atoms with Gasteiger partial charge >= 0.3 is 0 Å². The molecule has 2 aromatic rings. The Labute approximate surface area is 89.1 Å². The van der Waals surface area contributed by atoms with Gasteiger partial charge in [0.05, 0.1) is 4.88 Å². The number of rotatable bonds is 1. The van der Waals surface area contributed by atoms with Crippen LogP contribution in [-0.2, 0) is 0 Å². The summed E-state index contributed by atoms with van der Waals surface area (Å²) in [7, 11) is 3.40. The van der Waals surface area contributed by atoms with Crippen molar-refractivity contribution in [2.24, 2.45) is 0 Å². The molecule has 2 heterocycles. The third-order valence-electron chi connectivity index (χ3n) is 1.79. The van der Waals surface area contributed by atoms with Gasteiger partial charge in [-0.25, -0.2) is 0 Å². The lowest BCUT2D eigenvalue weighted by molar-refractivity contribution is 1.33. The molecule has 0 aliphatic rings. The van der Waals surface area contributed by atoms with Gasteiger partial charge in [-0.05, 0) is 30.2 Å². The molecular formula is C9H7NS3. The lowest BCUT2D eigenvalue weighted by Crippen LogP contribution is -1.76. The third-order valence-corrected chi connectivity index (χ3v) is 5.16. The van der Waals surface area contributed by atoms with Crippen LogP contribution in [0.1, 0.15) is 5.56 Å². The second-order valence-electron chi connectivity index (χ2n) is 2.64. The Balaban J connectivity index is 2.60. The standard InChI is InChI=1S/C9H7NS3/c1-6-8(12-13-9(6)11)7-2-4-10-5-3-7/h2-5H,1H3. The molecule has 0 aromatic carbocycles. The van der Waals surface area contributed by atoms with Gasteiger partial charge in [0.1, 0.15) is 3.82 Å². The number of hydrogen-bond acceptors (Lipinski definition) is 4. The summed E-state index contributed by atoms with van der Waals surface area (Å²) in [6.45, 7) is 2.07. The van der Waals surface area contributed by atoms with E-state index >= 15 is 0 Å². The molecule has 4 heteroatoms. The summed E-state index contributed by atoms with van der Waals surface area (Å²) in [5.41, 5.74) is 2.43. The van der Waals surface area contributed by atoms with Gasteiger partial charge < -0.3 is 0 Å². The lowest BCUT2D eigenvalue weighted by Gasteiger charge is -1.96. The largest absolute Gasteiger partial charge is 0.265 e. The third kappa shape index (κ3) is 1.70. The molecule has 0 amide bonds. The molecule has 0 bridgehead atoms. The Morgan fingerprint density at radius 2 is 1.92 bits per heavy atom. The van der Waals surface area contributed by atoms with E-state index in [4.69, 9.17) is 12.2 Å². The predicted octanol–water partition coefficient (Wildman–Crippen LogP) is 3.91. The van der Waals surface area contributed by atoms with Crippen LogP contribution < -0.4 is 0 Å². The molecular weight excluding hydrogens is 218 g/mol. The van der Waals surface area contributed by atoms with Crippen LogP contribution in [0.2, 0.25) is 0 Å². The highest BCUT2D eigenvalue weighted by molar-refractivity contribution is 7.80. The maximum absolute atomic E-state index is 5.19. The monoisotopic (exact) mass is 225 g/mol. The van der Waals surface area contributed by atoms with Gasteiger partial charge in [0, 0.05) is 12.4 Å². The molecule has 0 atom stereocenters. The van der Waals surface area contributed by atoms with E-state index in [9.17, 15) is 0 Å². The van der Waals surface area contributed by atoms with Gasteiger partial charge in [0.15, 0.2) is 0 Å². The van der Waals surface area contributed by atoms with E-state index in [0.29, 0.717) is 0 Å². The highest BCUT2D eigenvalue weighted by Gasteiger charge is 2.04. The summed E-state index contributed by atoms with van der Waals surface area (Å²) in [6, 6.07) is 4.03. The molecule has 66 valence electrons. The summed E-state index contributed by atoms with van der Waals surface area (Å²) in [6.07, 6.45) is 3.62. The second kappa shape index (κ2) is 3.65. The first-order valence-electron chi connectivity index (χ1n) is 3.79. The first-order valence-corrected chi connectivity index (χ1v) is 6.35. The Bertz CT molecular complexity index is 455. The van der Waals surface area contributed by atoms with Crippen molar-refractivity contribution in [2.75, 3.05) is 0 Å². The minimum absolute atomic E-state index is 0.997. The van der Waals surface area contributed by atoms with Crippen molar-refractivity contribution in [3.8, 4) is 10.4 Å². The van der Waals surface area contributed by atoms with Crippen LogP contribution in [0.3, 0.4) is 0 Å². The van der Waals surface area contributed by atoms with Crippen LogP contribution in [0.15, 0.2) is 24.5 Å². The average molecular weight is 225 g/mol. The normalized spacial score (nSPS) is 10.2. The predicted molar refractivity (Wildman–Crippen MR) is 61.0 cm³/mol. The molecule has 0 spiro atoms. The number of aromatic nitrogens is 1. The van der Waals surface area contributed by atoms with Gasteiger partial charge in [-0.3, -0.25) is 4.98 Å². The smallest absolute Gasteiger partial charge is 0.105 e. The molecule has 0 fully saturated rings. The molecule has 0 aliphatic heterocycles. The van der Waals surface area contributed by atoms with Crippen molar-refractivity contribution < 1.29 is 0 Å². The minimum atomic E-state index is 0.997. The van der Waals surface area contributed by atoms with Crippen LogP contribution in [0, 0.1) is 10.7 Å². The van der Waals surface area contributed by atoms with Gasteiger partial charge in [-0.2, -0.15) is 0 Å². The summed E-state index contributed by atoms with van der Waals surface area (Å²) in [4.78, 5) is 5.26. The summed E-state index contributed by atoms with van der Waals surface area (Å²) >= 11 is 5.19. The van der Waals surface area contributed by atoms with Crippen molar-refractivity contribution in [3.05, 3.63) is 33.9 Å². The van der Waals surface area contributed by atoms with Crippen molar-refractivity contribution in [2.45, 2.75) is 6.92 Å². The molecule has 0 aliphatic carbocycles. The maximum Gasteiger partial charge on any atom is 0.105 e. The van der Waals surface area contributed by atoms with E-state index in [1.807, 2.05) is 24.5 Å². The molecule has 2 aromatic heterocycles. The van der Waals surface area contributed by atoms with E-state index in [1.165, 1.54) is 16.0 Å². The fourth-order valence-electron chi connectivity index (χ4n) is 1.07. The van der Waals surface area contributed by atoms with Crippen LogP contribution >= 0.6 is 32.9 Å².